The number of hydrogen-bond donors (Lipinski definition) is 3. The Hall–Kier alpha value is -2.65. The Morgan fingerprint density at radius 3 is 2.03 bits per heavy atom. The lowest BCUT2D eigenvalue weighted by Crippen LogP contribution is -2.43. The van der Waals surface area contributed by atoms with Crippen LogP contribution in [0.3, 0.4) is 0 Å². The molecule has 1 saturated heterocycles. The van der Waals surface area contributed by atoms with E-state index in [2.05, 4.69) is 75.8 Å². The van der Waals surface area contributed by atoms with E-state index in [9.17, 15) is 9.59 Å². The summed E-state index contributed by atoms with van der Waals surface area (Å²) in [6.07, 6.45) is 1.99. The third-order valence-electron chi connectivity index (χ3n) is 4.41. The molecule has 3 rings (SSSR count). The van der Waals surface area contributed by atoms with Crippen molar-refractivity contribution in [3.8, 4) is 0 Å². The normalized spacial score (nSPS) is 13.5. The molecule has 0 saturated carbocycles. The van der Waals surface area contributed by atoms with Crippen LogP contribution >= 0.6 is 11.9 Å². The molecule has 180 valence electrons. The van der Waals surface area contributed by atoms with Crippen LogP contribution in [0.15, 0.2) is 78.2 Å². The van der Waals surface area contributed by atoms with Crippen molar-refractivity contribution in [2.75, 3.05) is 52.9 Å². The second kappa shape index (κ2) is 17.9. The maximum Gasteiger partial charge on any atom is 0.322 e. The summed E-state index contributed by atoms with van der Waals surface area (Å²) in [5.41, 5.74) is 1.32. The third kappa shape index (κ3) is 14.9. The first-order chi connectivity index (χ1) is 15.9. The Labute approximate surface area is 202 Å². The van der Waals surface area contributed by atoms with Gasteiger partial charge in [-0.1, -0.05) is 60.2 Å². The van der Waals surface area contributed by atoms with Crippen molar-refractivity contribution < 1.29 is 14.7 Å². The Morgan fingerprint density at radius 1 is 1.00 bits per heavy atom. The lowest BCUT2D eigenvalue weighted by atomic mass is 10.2. The number of carboxylic acids is 1. The fourth-order valence-corrected chi connectivity index (χ4v) is 3.67. The molecular weight excluding hydrogens is 436 g/mol. The Morgan fingerprint density at radius 2 is 1.58 bits per heavy atom. The van der Waals surface area contributed by atoms with Gasteiger partial charge in [0.15, 0.2) is 0 Å². The zero-order valence-corrected chi connectivity index (χ0v) is 20.4. The summed E-state index contributed by atoms with van der Waals surface area (Å²) < 4.78 is 2.44. The smallest absolute Gasteiger partial charge is 0.322 e. The van der Waals surface area contributed by atoms with Crippen LogP contribution in [0.25, 0.3) is 0 Å². The van der Waals surface area contributed by atoms with Crippen molar-refractivity contribution in [1.82, 2.24) is 19.8 Å². The van der Waals surface area contributed by atoms with E-state index in [1.807, 2.05) is 36.2 Å². The monoisotopic (exact) mass is 472 g/mol. The second-order valence-corrected chi connectivity index (χ2v) is 8.45. The summed E-state index contributed by atoms with van der Waals surface area (Å²) in [6.45, 7) is 11.3. The van der Waals surface area contributed by atoms with Gasteiger partial charge in [-0.15, -0.1) is 6.58 Å². The van der Waals surface area contributed by atoms with Crippen molar-refractivity contribution >= 4 is 23.8 Å². The van der Waals surface area contributed by atoms with Crippen LogP contribution in [-0.4, -0.2) is 79.0 Å². The number of carbonyl (C=O) groups is 2. The summed E-state index contributed by atoms with van der Waals surface area (Å²) in [5.74, 6) is -1.35. The van der Waals surface area contributed by atoms with Gasteiger partial charge in [-0.2, -0.15) is 0 Å². The highest BCUT2D eigenvalue weighted by atomic mass is 32.2. The zero-order chi connectivity index (χ0) is 24.3. The number of carbonyl (C=O) groups excluding carboxylic acids is 1. The van der Waals surface area contributed by atoms with Crippen molar-refractivity contribution in [2.45, 2.75) is 11.8 Å². The van der Waals surface area contributed by atoms with Crippen LogP contribution in [0.1, 0.15) is 5.56 Å². The van der Waals surface area contributed by atoms with Gasteiger partial charge in [0.25, 0.3) is 0 Å². The summed E-state index contributed by atoms with van der Waals surface area (Å²) in [6, 6.07) is 20.8. The molecule has 1 fully saturated rings. The van der Waals surface area contributed by atoms with E-state index in [0.29, 0.717) is 0 Å². The predicted octanol–water partition coefficient (Wildman–Crippen LogP) is 2.90. The summed E-state index contributed by atoms with van der Waals surface area (Å²) in [5, 5.41) is 12.9. The number of aryl methyl sites for hydroxylation is 1. The molecule has 3 N–H and O–H groups in total. The van der Waals surface area contributed by atoms with Crippen LogP contribution in [0, 0.1) is 6.92 Å². The van der Waals surface area contributed by atoms with Gasteiger partial charge in [0.1, 0.15) is 6.54 Å². The molecule has 0 spiro atoms. The molecule has 1 aliphatic rings. The number of nitrogens with one attached hydrogen (secondary N) is 2. The van der Waals surface area contributed by atoms with Gasteiger partial charge in [-0.3, -0.25) is 14.5 Å². The van der Waals surface area contributed by atoms with Gasteiger partial charge in [0, 0.05) is 37.6 Å². The molecule has 7 nitrogen and oxygen atoms in total. The molecule has 0 bridgehead atoms. The maximum absolute atomic E-state index is 10.5. The van der Waals surface area contributed by atoms with E-state index in [1.54, 1.807) is 7.05 Å². The molecule has 2 aromatic carbocycles. The van der Waals surface area contributed by atoms with Crippen LogP contribution in [-0.2, 0) is 9.59 Å². The van der Waals surface area contributed by atoms with Crippen molar-refractivity contribution in [1.29, 1.82) is 0 Å². The van der Waals surface area contributed by atoms with Crippen molar-refractivity contribution in [2.24, 2.45) is 0 Å². The van der Waals surface area contributed by atoms with E-state index in [1.165, 1.54) is 10.5 Å². The average molecular weight is 473 g/mol. The predicted molar refractivity (Wildman–Crippen MR) is 136 cm³/mol. The minimum atomic E-state index is -1.04. The highest BCUT2D eigenvalue weighted by molar-refractivity contribution is 7.97. The van der Waals surface area contributed by atoms with E-state index in [4.69, 9.17) is 5.11 Å². The van der Waals surface area contributed by atoms with Gasteiger partial charge in [0.05, 0.1) is 6.54 Å². The van der Waals surface area contributed by atoms with E-state index >= 15 is 0 Å². The summed E-state index contributed by atoms with van der Waals surface area (Å²) in [7, 11) is 1.61. The molecular formula is C25H36N4O3S. The van der Waals surface area contributed by atoms with E-state index in [0.717, 1.165) is 32.7 Å². The number of piperazine rings is 1. The topological polar surface area (TPSA) is 84.9 Å². The molecule has 1 amide bonds. The number of nitrogens with zero attached hydrogens (tertiary/aromatic N) is 2. The fourth-order valence-electron chi connectivity index (χ4n) is 2.75. The van der Waals surface area contributed by atoms with Crippen LogP contribution in [0.2, 0.25) is 0 Å². The molecule has 1 heterocycles. The second-order valence-electron chi connectivity index (χ2n) is 7.28. The van der Waals surface area contributed by atoms with Crippen LogP contribution in [0.4, 0.5) is 0 Å². The number of hydrogen-bond acceptors (Lipinski definition) is 6. The quantitative estimate of drug-likeness (QED) is 0.402. The minimum absolute atomic E-state index is 0.146. The van der Waals surface area contributed by atoms with Crippen LogP contribution < -0.4 is 10.6 Å². The van der Waals surface area contributed by atoms with Crippen molar-refractivity contribution in [3.05, 3.63) is 78.9 Å². The molecule has 0 unspecified atom stereocenters. The average Bonchev–Trinajstić information content (AvgIpc) is 2.81. The van der Waals surface area contributed by atoms with Gasteiger partial charge < -0.3 is 15.7 Å². The molecule has 0 aromatic heterocycles. The lowest BCUT2D eigenvalue weighted by molar-refractivity contribution is -0.137. The molecule has 33 heavy (non-hydrogen) atoms. The fraction of sp³-hybridized carbons (Fsp3) is 0.360. The van der Waals surface area contributed by atoms with Gasteiger partial charge in [-0.25, -0.2) is 4.31 Å². The van der Waals surface area contributed by atoms with E-state index in [-0.39, 0.29) is 19.0 Å². The maximum atomic E-state index is 10.5. The molecule has 0 radical (unpaired) electrons. The molecule has 0 atom stereocenters. The number of aliphatic carboxylic acids is 1. The first kappa shape index (κ1) is 28.4. The first-order valence-electron chi connectivity index (χ1n) is 10.9. The summed E-state index contributed by atoms with van der Waals surface area (Å²) >= 11 is 1.87. The highest BCUT2D eigenvalue weighted by Gasteiger charge is 2.16. The van der Waals surface area contributed by atoms with Crippen LogP contribution in [0.5, 0.6) is 0 Å². The lowest BCUT2D eigenvalue weighted by Gasteiger charge is -2.33. The zero-order valence-electron chi connectivity index (χ0n) is 19.6. The number of amides is 1. The van der Waals surface area contributed by atoms with Gasteiger partial charge in [0.2, 0.25) is 5.91 Å². The largest absolute Gasteiger partial charge is 0.480 e. The molecule has 8 heteroatoms. The number of likely N-dealkylation sites (N-methyl/N-ethyl adjacent to an activating group) is 1. The Kier molecular flexibility index (Phi) is 15.4. The van der Waals surface area contributed by atoms with Crippen molar-refractivity contribution in [3.63, 3.8) is 0 Å². The van der Waals surface area contributed by atoms with Gasteiger partial charge in [-0.05, 0) is 38.1 Å². The Bertz CT molecular complexity index is 798. The van der Waals surface area contributed by atoms with E-state index < -0.39 is 5.97 Å². The number of rotatable bonds is 8. The first-order valence-corrected chi connectivity index (χ1v) is 11.7. The minimum Gasteiger partial charge on any atom is -0.480 e. The number of carboxylic acid groups (broad SMARTS) is 1. The molecule has 2 aromatic rings. The third-order valence-corrected chi connectivity index (χ3v) is 5.52. The number of benzene rings is 2. The SMILES string of the molecule is C=CCN1CCN(Sc2ccccc2)CC1.CNCC(=O)NCC(=O)O.Cc1ccccc1. The van der Waals surface area contributed by atoms with Gasteiger partial charge >= 0.3 is 5.97 Å². The highest BCUT2D eigenvalue weighted by Crippen LogP contribution is 2.23. The molecule has 0 aliphatic carbocycles. The standard InChI is InChI=1S/C13H18N2S.C7H8.C5H10N2O3/c1-2-8-14-9-11-15(12-10-14)16-13-6-4-3-5-7-13;1-7-5-3-2-4-6-7;1-6-2-4(8)7-3-5(9)10/h2-7H,1,8-12H2;2-6H,1H3;6H,2-3H2,1H3,(H,7,8)(H,9,10). The Balaban J connectivity index is 0.000000274. The molecule has 1 aliphatic heterocycles. The summed E-state index contributed by atoms with van der Waals surface area (Å²) in [4.78, 5) is 24.2.